The third kappa shape index (κ3) is 2.90. The Morgan fingerprint density at radius 1 is 1.33 bits per heavy atom. The van der Waals surface area contributed by atoms with Crippen molar-refractivity contribution in [1.29, 1.82) is 0 Å². The van der Waals surface area contributed by atoms with E-state index >= 15 is 0 Å². The van der Waals surface area contributed by atoms with Crippen molar-refractivity contribution in [2.75, 3.05) is 0 Å². The molecule has 24 heavy (non-hydrogen) atoms. The van der Waals surface area contributed by atoms with Crippen LogP contribution in [0.25, 0.3) is 0 Å². The summed E-state index contributed by atoms with van der Waals surface area (Å²) in [5.41, 5.74) is 5.83. The van der Waals surface area contributed by atoms with Crippen LogP contribution in [-0.4, -0.2) is 55.5 Å². The maximum atomic E-state index is 12.4. The van der Waals surface area contributed by atoms with Crippen LogP contribution >= 0.6 is 11.8 Å². The largest absolute Gasteiger partial charge is 0.480 e. The molecule has 2 heterocycles. The van der Waals surface area contributed by atoms with E-state index in [0.717, 1.165) is 32.1 Å². The van der Waals surface area contributed by atoms with Crippen LogP contribution in [0.15, 0.2) is 0 Å². The van der Waals surface area contributed by atoms with Gasteiger partial charge in [-0.1, -0.05) is 19.3 Å². The molecule has 1 aliphatic carbocycles. The molecule has 2 aliphatic heterocycles. The van der Waals surface area contributed by atoms with Gasteiger partial charge in [-0.15, -0.1) is 11.8 Å². The number of rotatable bonds is 4. The zero-order chi connectivity index (χ0) is 17.7. The van der Waals surface area contributed by atoms with Crippen LogP contribution in [0.2, 0.25) is 0 Å². The lowest BCUT2D eigenvalue weighted by atomic mass is 9.80. The maximum absolute atomic E-state index is 12.4. The number of nitrogens with one attached hydrogen (secondary N) is 1. The zero-order valence-corrected chi connectivity index (χ0v) is 14.9. The predicted octanol–water partition coefficient (Wildman–Crippen LogP) is 0.670. The zero-order valence-electron chi connectivity index (χ0n) is 14.1. The fourth-order valence-corrected chi connectivity index (χ4v) is 5.75. The highest BCUT2D eigenvalue weighted by atomic mass is 32.2. The summed E-state index contributed by atoms with van der Waals surface area (Å²) < 4.78 is -0.579. The van der Waals surface area contributed by atoms with Crippen molar-refractivity contribution < 1.29 is 19.5 Å². The van der Waals surface area contributed by atoms with Gasteiger partial charge in [0.1, 0.15) is 17.5 Å². The van der Waals surface area contributed by atoms with E-state index in [1.165, 1.54) is 16.7 Å². The Hall–Kier alpha value is -1.28. The highest BCUT2D eigenvalue weighted by Gasteiger charge is 2.64. The summed E-state index contributed by atoms with van der Waals surface area (Å²) in [6.07, 6.45) is 5.11. The minimum absolute atomic E-state index is 0.213. The third-order valence-electron chi connectivity index (χ3n) is 5.35. The number of aliphatic carboxylic acids is 1. The predicted molar refractivity (Wildman–Crippen MR) is 90.3 cm³/mol. The Morgan fingerprint density at radius 2 is 1.96 bits per heavy atom. The van der Waals surface area contributed by atoms with Gasteiger partial charge in [-0.2, -0.15) is 0 Å². The summed E-state index contributed by atoms with van der Waals surface area (Å²) in [6, 6.07) is -1.49. The summed E-state index contributed by atoms with van der Waals surface area (Å²) in [4.78, 5) is 37.6. The van der Waals surface area contributed by atoms with E-state index in [9.17, 15) is 19.5 Å². The van der Waals surface area contributed by atoms with E-state index in [4.69, 9.17) is 5.73 Å². The Kier molecular flexibility index (Phi) is 4.32. The second kappa shape index (κ2) is 5.91. The normalized spacial score (nSPS) is 33.5. The molecule has 8 heteroatoms. The minimum Gasteiger partial charge on any atom is -0.480 e. The molecule has 1 unspecified atom stereocenters. The molecule has 0 aromatic carbocycles. The minimum atomic E-state index is -1.00. The fourth-order valence-electron chi connectivity index (χ4n) is 4.12. The number of carbonyl (C=O) groups is 3. The summed E-state index contributed by atoms with van der Waals surface area (Å²) in [5, 5.41) is 11.9. The second-order valence-corrected chi connectivity index (χ2v) is 9.51. The highest BCUT2D eigenvalue weighted by Crippen LogP contribution is 2.50. The van der Waals surface area contributed by atoms with Crippen molar-refractivity contribution in [2.24, 2.45) is 5.73 Å². The van der Waals surface area contributed by atoms with E-state index < -0.39 is 28.3 Å². The van der Waals surface area contributed by atoms with E-state index in [1.54, 1.807) is 0 Å². The summed E-state index contributed by atoms with van der Waals surface area (Å²) in [6.45, 7) is 3.63. The van der Waals surface area contributed by atoms with Gasteiger partial charge < -0.3 is 21.1 Å². The Bertz CT molecular complexity index is 574. The number of carboxylic acids is 1. The number of nitrogens with two attached hydrogens (primary N) is 1. The van der Waals surface area contributed by atoms with Gasteiger partial charge in [0.05, 0.1) is 0 Å². The van der Waals surface area contributed by atoms with Crippen molar-refractivity contribution in [2.45, 2.75) is 80.1 Å². The molecule has 7 nitrogen and oxygen atoms in total. The molecular weight excluding hydrogens is 330 g/mol. The lowest BCUT2D eigenvalue weighted by Crippen LogP contribution is -2.71. The van der Waals surface area contributed by atoms with Crippen molar-refractivity contribution in [3.05, 3.63) is 0 Å². The first kappa shape index (κ1) is 17.5. The topological polar surface area (TPSA) is 113 Å². The first-order chi connectivity index (χ1) is 11.1. The second-order valence-electron chi connectivity index (χ2n) is 7.74. The van der Waals surface area contributed by atoms with Gasteiger partial charge >= 0.3 is 5.97 Å². The first-order valence-electron chi connectivity index (χ1n) is 8.46. The molecule has 3 aliphatic rings. The van der Waals surface area contributed by atoms with Gasteiger partial charge in [-0.3, -0.25) is 9.59 Å². The standard InChI is InChI=1S/C16H25N3O4S/c1-15(2)11(14(22)23)19-12(21)10(13(19)24-15)18-9(20)8-16(17)6-4-3-5-7-16/h10-11,13H,3-8,17H2,1-2H3,(H,18,20)(H,22,23)/t10?,11-,13+/m0/s1. The SMILES string of the molecule is CC1(C)S[C@@H]2C(NC(=O)CC3(N)CCCCC3)C(=O)N2[C@H]1C(=O)O. The lowest BCUT2D eigenvalue weighted by molar-refractivity contribution is -0.161. The van der Waals surface area contributed by atoms with Crippen LogP contribution < -0.4 is 11.1 Å². The van der Waals surface area contributed by atoms with E-state index in [-0.39, 0.29) is 23.6 Å². The number of hydrogen-bond donors (Lipinski definition) is 3. The summed E-state index contributed by atoms with van der Waals surface area (Å²) >= 11 is 1.43. The summed E-state index contributed by atoms with van der Waals surface area (Å²) in [7, 11) is 0. The average Bonchev–Trinajstić information content (AvgIpc) is 2.73. The number of amides is 2. The molecule has 3 atom stereocenters. The number of hydrogen-bond acceptors (Lipinski definition) is 5. The molecule has 0 spiro atoms. The maximum Gasteiger partial charge on any atom is 0.327 e. The van der Waals surface area contributed by atoms with Crippen molar-refractivity contribution in [3.63, 3.8) is 0 Å². The Morgan fingerprint density at radius 3 is 2.54 bits per heavy atom. The van der Waals surface area contributed by atoms with E-state index in [2.05, 4.69) is 5.32 Å². The van der Waals surface area contributed by atoms with Crippen LogP contribution in [0.3, 0.4) is 0 Å². The van der Waals surface area contributed by atoms with Gasteiger partial charge in [-0.05, 0) is 26.7 Å². The molecule has 3 fully saturated rings. The molecule has 0 bridgehead atoms. The van der Waals surface area contributed by atoms with Crippen LogP contribution in [0.5, 0.6) is 0 Å². The number of β-lactam (4-membered cyclic amide) rings is 1. The Balaban J connectivity index is 1.62. The van der Waals surface area contributed by atoms with Crippen LogP contribution in [-0.2, 0) is 14.4 Å². The average molecular weight is 355 g/mol. The quantitative estimate of drug-likeness (QED) is 0.639. The van der Waals surface area contributed by atoms with Gasteiger partial charge in [0.15, 0.2) is 0 Å². The number of nitrogens with zero attached hydrogens (tertiary/aromatic N) is 1. The van der Waals surface area contributed by atoms with Gasteiger partial charge in [0.2, 0.25) is 11.8 Å². The molecule has 0 radical (unpaired) electrons. The molecule has 2 amide bonds. The highest BCUT2D eigenvalue weighted by molar-refractivity contribution is 8.01. The van der Waals surface area contributed by atoms with Crippen LogP contribution in [0.1, 0.15) is 52.4 Å². The molecular formula is C16H25N3O4S. The van der Waals surface area contributed by atoms with Crippen molar-refractivity contribution in [3.8, 4) is 0 Å². The van der Waals surface area contributed by atoms with E-state index in [1.807, 2.05) is 13.8 Å². The number of fused-ring (bicyclic) bond motifs is 1. The monoisotopic (exact) mass is 355 g/mol. The number of thioether (sulfide) groups is 1. The first-order valence-corrected chi connectivity index (χ1v) is 9.34. The van der Waals surface area contributed by atoms with Crippen molar-refractivity contribution in [1.82, 2.24) is 10.2 Å². The third-order valence-corrected chi connectivity index (χ3v) is 6.92. The molecule has 0 aromatic rings. The molecule has 2 saturated heterocycles. The number of carboxylic acid groups (broad SMARTS) is 1. The van der Waals surface area contributed by atoms with Gasteiger partial charge in [0.25, 0.3) is 0 Å². The molecule has 1 saturated carbocycles. The van der Waals surface area contributed by atoms with Crippen molar-refractivity contribution >= 4 is 29.5 Å². The van der Waals surface area contributed by atoms with Gasteiger partial charge in [-0.25, -0.2) is 4.79 Å². The smallest absolute Gasteiger partial charge is 0.327 e. The van der Waals surface area contributed by atoms with Gasteiger partial charge in [0, 0.05) is 16.7 Å². The number of carbonyl (C=O) groups excluding carboxylic acids is 2. The molecule has 0 aromatic heterocycles. The molecule has 3 rings (SSSR count). The summed E-state index contributed by atoms with van der Waals surface area (Å²) in [5.74, 6) is -1.53. The Labute approximate surface area is 145 Å². The van der Waals surface area contributed by atoms with E-state index in [0.29, 0.717) is 0 Å². The van der Waals surface area contributed by atoms with Crippen LogP contribution in [0.4, 0.5) is 0 Å². The van der Waals surface area contributed by atoms with Crippen LogP contribution in [0, 0.1) is 0 Å². The molecule has 134 valence electrons. The fraction of sp³-hybridized carbons (Fsp3) is 0.812. The lowest BCUT2D eigenvalue weighted by Gasteiger charge is -2.44. The molecule has 4 N–H and O–H groups in total.